The lowest BCUT2D eigenvalue weighted by Crippen LogP contribution is -2.58. The Morgan fingerprint density at radius 3 is 2.84 bits per heavy atom. The summed E-state index contributed by atoms with van der Waals surface area (Å²) in [5.74, 6) is -3.95. The molecule has 0 aliphatic carbocycles. The summed E-state index contributed by atoms with van der Waals surface area (Å²) in [6.07, 6.45) is 2.31. The molecule has 1 aromatic heterocycles. The van der Waals surface area contributed by atoms with Gasteiger partial charge in [-0.25, -0.2) is 8.78 Å². The highest BCUT2D eigenvalue weighted by molar-refractivity contribution is 6.05. The van der Waals surface area contributed by atoms with E-state index in [0.717, 1.165) is 16.5 Å². The van der Waals surface area contributed by atoms with Crippen LogP contribution in [0.2, 0.25) is 0 Å². The maximum Gasteiger partial charge on any atom is 0.273 e. The minimum Gasteiger partial charge on any atom is -0.492 e. The second kappa shape index (κ2) is 8.07. The van der Waals surface area contributed by atoms with Gasteiger partial charge in [0.25, 0.3) is 11.8 Å². The molecule has 4 aliphatic heterocycles. The molecule has 4 aliphatic rings. The van der Waals surface area contributed by atoms with Crippen molar-refractivity contribution in [1.82, 2.24) is 25.3 Å². The van der Waals surface area contributed by atoms with Crippen LogP contribution in [0, 0.1) is 0 Å². The smallest absolute Gasteiger partial charge is 0.273 e. The van der Waals surface area contributed by atoms with Crippen molar-refractivity contribution in [2.24, 2.45) is 0 Å². The fourth-order valence-corrected chi connectivity index (χ4v) is 6.46. The molecule has 38 heavy (non-hydrogen) atoms. The zero-order valence-corrected chi connectivity index (χ0v) is 20.4. The van der Waals surface area contributed by atoms with Crippen molar-refractivity contribution in [3.8, 4) is 5.75 Å². The van der Waals surface area contributed by atoms with Gasteiger partial charge in [0.1, 0.15) is 18.4 Å². The fourth-order valence-electron chi connectivity index (χ4n) is 6.46. The SMILES string of the molecule is O=C1CC[C@H](N2Cc3c(ccc4c3OCC43CCN(Cc4ccc5[nH]ncc5c4)CC3(F)F)C2=O)C(=O)N1. The van der Waals surface area contributed by atoms with Crippen LogP contribution in [0.5, 0.6) is 5.75 Å². The lowest BCUT2D eigenvalue weighted by atomic mass is 9.71. The molecule has 2 aromatic carbocycles. The van der Waals surface area contributed by atoms with Gasteiger partial charge in [-0.3, -0.25) is 29.7 Å². The van der Waals surface area contributed by atoms with Gasteiger partial charge >= 0.3 is 0 Å². The van der Waals surface area contributed by atoms with Gasteiger partial charge in [-0.05, 0) is 43.1 Å². The summed E-state index contributed by atoms with van der Waals surface area (Å²) in [6, 6.07) is 8.20. The summed E-state index contributed by atoms with van der Waals surface area (Å²) in [6.45, 7) is 0.402. The molecular formula is C27H25F2N5O4. The Bertz CT molecular complexity index is 1520. The largest absolute Gasteiger partial charge is 0.492 e. The number of aromatic nitrogens is 2. The Hall–Kier alpha value is -3.86. The van der Waals surface area contributed by atoms with Crippen LogP contribution in [0.4, 0.5) is 8.78 Å². The molecule has 1 spiro atoms. The van der Waals surface area contributed by atoms with E-state index < -0.39 is 29.8 Å². The van der Waals surface area contributed by atoms with Crippen LogP contribution < -0.4 is 10.1 Å². The number of carbonyl (C=O) groups excluding carboxylic acids is 3. The lowest BCUT2D eigenvalue weighted by Gasteiger charge is -2.44. The number of rotatable bonds is 3. The van der Waals surface area contributed by atoms with Crippen LogP contribution in [0.1, 0.15) is 46.3 Å². The van der Waals surface area contributed by atoms with Gasteiger partial charge in [-0.15, -0.1) is 0 Å². The van der Waals surface area contributed by atoms with Crippen molar-refractivity contribution >= 4 is 28.6 Å². The molecule has 0 radical (unpaired) electrons. The van der Waals surface area contributed by atoms with Crippen molar-refractivity contribution in [3.63, 3.8) is 0 Å². The average Bonchev–Trinajstić information content (AvgIpc) is 3.58. The average molecular weight is 522 g/mol. The zero-order valence-electron chi connectivity index (χ0n) is 20.4. The number of aromatic amines is 1. The number of fused-ring (bicyclic) bond motifs is 5. The molecule has 1 unspecified atom stereocenters. The highest BCUT2D eigenvalue weighted by Crippen LogP contribution is 2.55. The number of hydrogen-bond donors (Lipinski definition) is 2. The van der Waals surface area contributed by atoms with Crippen LogP contribution in [0.15, 0.2) is 36.5 Å². The monoisotopic (exact) mass is 521 g/mol. The molecule has 0 saturated carbocycles. The van der Waals surface area contributed by atoms with Gasteiger partial charge in [-0.1, -0.05) is 12.1 Å². The predicted octanol–water partition coefficient (Wildman–Crippen LogP) is 2.50. The third-order valence-electron chi connectivity index (χ3n) is 8.53. The van der Waals surface area contributed by atoms with Crippen LogP contribution in [0.3, 0.4) is 0 Å². The first-order valence-electron chi connectivity index (χ1n) is 12.7. The van der Waals surface area contributed by atoms with E-state index in [9.17, 15) is 14.4 Å². The number of alkyl halides is 2. The summed E-state index contributed by atoms with van der Waals surface area (Å²) in [5, 5.41) is 10.1. The first-order valence-corrected chi connectivity index (χ1v) is 12.7. The summed E-state index contributed by atoms with van der Waals surface area (Å²) < 4.78 is 37.9. The number of halogens is 2. The van der Waals surface area contributed by atoms with Gasteiger partial charge in [0.15, 0.2) is 0 Å². The van der Waals surface area contributed by atoms with Crippen molar-refractivity contribution in [2.45, 2.75) is 49.7 Å². The summed E-state index contributed by atoms with van der Waals surface area (Å²) in [5.41, 5.74) is 1.70. The van der Waals surface area contributed by atoms with Crippen molar-refractivity contribution < 1.29 is 27.9 Å². The topological polar surface area (TPSA) is 108 Å². The van der Waals surface area contributed by atoms with Crippen LogP contribution in [-0.2, 0) is 28.1 Å². The number of hydrogen-bond acceptors (Lipinski definition) is 6. The molecule has 2 fully saturated rings. The molecule has 196 valence electrons. The third kappa shape index (κ3) is 3.30. The van der Waals surface area contributed by atoms with Crippen molar-refractivity contribution in [3.05, 3.63) is 58.8 Å². The Labute approximate surface area is 216 Å². The minimum atomic E-state index is -3.06. The molecule has 7 rings (SSSR count). The highest BCUT2D eigenvalue weighted by Gasteiger charge is 2.62. The number of nitrogens with zero attached hydrogens (tertiary/aromatic N) is 3. The van der Waals surface area contributed by atoms with E-state index >= 15 is 8.78 Å². The Morgan fingerprint density at radius 1 is 1.16 bits per heavy atom. The van der Waals surface area contributed by atoms with Gasteiger partial charge in [0, 0.05) is 35.0 Å². The maximum absolute atomic E-state index is 16.0. The number of piperidine rings is 2. The minimum absolute atomic E-state index is 0.0912. The second-order valence-electron chi connectivity index (χ2n) is 10.7. The molecule has 9 nitrogen and oxygen atoms in total. The number of amides is 3. The molecule has 2 saturated heterocycles. The predicted molar refractivity (Wildman–Crippen MR) is 131 cm³/mol. The van der Waals surface area contributed by atoms with Crippen LogP contribution >= 0.6 is 0 Å². The van der Waals surface area contributed by atoms with E-state index in [1.165, 1.54) is 4.90 Å². The van der Waals surface area contributed by atoms with E-state index in [1.54, 1.807) is 23.2 Å². The standard InChI is InChI=1S/C27H25F2N5O4/c28-27(29)13-33(11-15-1-4-20-16(9-15)10-30-32-20)8-7-26(27)14-38-23-18-12-34(21-5-6-22(35)31-24(21)36)25(37)17(18)2-3-19(23)26/h1-4,9-10,21H,5-8,11-14H2,(H,30,32)(H,31,35,36)/t21-,26?/m0/s1. The van der Waals surface area contributed by atoms with Gasteiger partial charge in [-0.2, -0.15) is 5.10 Å². The third-order valence-corrected chi connectivity index (χ3v) is 8.53. The van der Waals surface area contributed by atoms with E-state index in [4.69, 9.17) is 4.74 Å². The fraction of sp³-hybridized carbons (Fsp3) is 0.407. The summed E-state index contributed by atoms with van der Waals surface area (Å²) >= 11 is 0. The summed E-state index contributed by atoms with van der Waals surface area (Å²) in [7, 11) is 0. The maximum atomic E-state index is 16.0. The van der Waals surface area contributed by atoms with Crippen LogP contribution in [0.25, 0.3) is 10.9 Å². The molecule has 3 amide bonds. The number of nitrogens with one attached hydrogen (secondary N) is 2. The Morgan fingerprint density at radius 2 is 2.03 bits per heavy atom. The number of ether oxygens (including phenoxy) is 1. The first kappa shape index (κ1) is 23.3. The molecule has 5 heterocycles. The summed E-state index contributed by atoms with van der Waals surface area (Å²) in [4.78, 5) is 40.3. The van der Waals surface area contributed by atoms with Crippen molar-refractivity contribution in [2.75, 3.05) is 19.7 Å². The number of H-pyrrole nitrogens is 1. The molecule has 2 N–H and O–H groups in total. The normalized spacial score (nSPS) is 26.5. The molecule has 0 bridgehead atoms. The van der Waals surface area contributed by atoms with Crippen LogP contribution in [-0.4, -0.2) is 69.4 Å². The second-order valence-corrected chi connectivity index (χ2v) is 10.7. The van der Waals surface area contributed by atoms with Gasteiger partial charge in [0.2, 0.25) is 11.8 Å². The highest BCUT2D eigenvalue weighted by atomic mass is 19.3. The van der Waals surface area contributed by atoms with Gasteiger partial charge in [0.05, 0.1) is 30.2 Å². The van der Waals surface area contributed by atoms with E-state index in [2.05, 4.69) is 15.5 Å². The zero-order chi connectivity index (χ0) is 26.2. The number of likely N-dealkylation sites (tertiary alicyclic amines) is 1. The lowest BCUT2D eigenvalue weighted by molar-refractivity contribution is -0.137. The van der Waals surface area contributed by atoms with Crippen molar-refractivity contribution in [1.29, 1.82) is 0 Å². The van der Waals surface area contributed by atoms with E-state index in [1.807, 2.05) is 18.2 Å². The number of benzene rings is 2. The number of imide groups is 1. The molecule has 11 heteroatoms. The molecular weight excluding hydrogens is 496 g/mol. The Balaban J connectivity index is 1.14. The molecule has 2 atom stereocenters. The quantitative estimate of drug-likeness (QED) is 0.513. The van der Waals surface area contributed by atoms with Gasteiger partial charge < -0.3 is 9.64 Å². The Kier molecular flexibility index (Phi) is 4.94. The number of carbonyl (C=O) groups is 3. The van der Waals surface area contributed by atoms with E-state index in [0.29, 0.717) is 35.5 Å². The first-order chi connectivity index (χ1) is 18.3. The van der Waals surface area contributed by atoms with E-state index in [-0.39, 0.29) is 44.2 Å². The molecule has 3 aromatic rings.